The molecule has 1 aliphatic rings. The number of nitrogens with zero attached hydrogens (tertiary/aromatic N) is 1. The lowest BCUT2D eigenvalue weighted by Crippen LogP contribution is -2.50. The van der Waals surface area contributed by atoms with Crippen molar-refractivity contribution in [2.75, 3.05) is 25.0 Å². The van der Waals surface area contributed by atoms with E-state index in [1.54, 1.807) is 4.90 Å². The molecule has 3 N–H and O–H groups in total. The summed E-state index contributed by atoms with van der Waals surface area (Å²) in [7, 11) is -3.90. The molecule has 2 rings (SSSR count). The number of amides is 3. The molecule has 10 heteroatoms. The molecule has 0 bridgehead atoms. The molecule has 1 saturated heterocycles. The van der Waals surface area contributed by atoms with Gasteiger partial charge in [0.15, 0.2) is 0 Å². The van der Waals surface area contributed by atoms with Gasteiger partial charge in [-0.15, -0.1) is 0 Å². The van der Waals surface area contributed by atoms with Crippen LogP contribution in [0, 0.1) is 5.92 Å². The predicted octanol–water partition coefficient (Wildman–Crippen LogP) is 1.86. The Balaban J connectivity index is 1.86. The molecule has 0 radical (unpaired) electrons. The van der Waals surface area contributed by atoms with E-state index in [0.717, 1.165) is 19.3 Å². The zero-order valence-corrected chi connectivity index (χ0v) is 19.8. The number of carbonyl (C=O) groups excluding carboxylic acids is 3. The van der Waals surface area contributed by atoms with Crippen LogP contribution in [0.5, 0.6) is 0 Å². The maximum absolute atomic E-state index is 12.8. The number of rotatable bonds is 10. The van der Waals surface area contributed by atoms with E-state index in [1.165, 1.54) is 38.1 Å². The Morgan fingerprint density at radius 1 is 1.09 bits per heavy atom. The molecule has 1 atom stereocenters. The van der Waals surface area contributed by atoms with Gasteiger partial charge in [0.1, 0.15) is 0 Å². The molecular formula is C22H34N4O5S. The van der Waals surface area contributed by atoms with Crippen molar-refractivity contribution < 1.29 is 22.8 Å². The highest BCUT2D eigenvalue weighted by Crippen LogP contribution is 2.19. The first-order valence-electron chi connectivity index (χ1n) is 11.1. The molecule has 0 spiro atoms. The Morgan fingerprint density at radius 2 is 1.72 bits per heavy atom. The van der Waals surface area contributed by atoms with Gasteiger partial charge in [-0.05, 0) is 50.5 Å². The zero-order valence-electron chi connectivity index (χ0n) is 19.0. The summed E-state index contributed by atoms with van der Waals surface area (Å²) in [5, 5.41) is 5.53. The lowest BCUT2D eigenvalue weighted by molar-refractivity contribution is -0.136. The van der Waals surface area contributed by atoms with E-state index in [9.17, 15) is 22.8 Å². The number of unbranched alkanes of at least 4 members (excludes halogenated alkanes) is 2. The van der Waals surface area contributed by atoms with Gasteiger partial charge in [0.2, 0.25) is 27.7 Å². The van der Waals surface area contributed by atoms with Crippen molar-refractivity contribution in [2.45, 2.75) is 63.8 Å². The standard InChI is InChI=1S/C22H34N4O5S/c1-4-5-6-13-23-21(28)18-11-14-26(15-12-18)22(29)16(2)25-32(30,31)20-9-7-19(8-10-20)24-17(3)27/h7-10,16,18,25H,4-6,11-15H2,1-3H3,(H,23,28)(H,24,27)/t16-/m0/s1. The summed E-state index contributed by atoms with van der Waals surface area (Å²) >= 11 is 0. The van der Waals surface area contributed by atoms with Gasteiger partial charge in [-0.3, -0.25) is 14.4 Å². The number of likely N-dealkylation sites (tertiary alicyclic amines) is 1. The maximum atomic E-state index is 12.8. The van der Waals surface area contributed by atoms with E-state index in [2.05, 4.69) is 22.3 Å². The second-order valence-electron chi connectivity index (χ2n) is 8.15. The Kier molecular flexibility index (Phi) is 9.64. The summed E-state index contributed by atoms with van der Waals surface area (Å²) in [4.78, 5) is 37.7. The van der Waals surface area contributed by atoms with Crippen molar-refractivity contribution in [3.63, 3.8) is 0 Å². The second-order valence-corrected chi connectivity index (χ2v) is 9.86. The summed E-state index contributed by atoms with van der Waals surface area (Å²) in [6.07, 6.45) is 4.28. The molecular weight excluding hydrogens is 432 g/mol. The minimum Gasteiger partial charge on any atom is -0.356 e. The molecule has 0 unspecified atom stereocenters. The van der Waals surface area contributed by atoms with Crippen molar-refractivity contribution >= 4 is 33.4 Å². The Hall–Kier alpha value is -2.46. The first-order valence-corrected chi connectivity index (χ1v) is 12.6. The van der Waals surface area contributed by atoms with Gasteiger partial charge in [-0.25, -0.2) is 8.42 Å². The van der Waals surface area contributed by atoms with Crippen LogP contribution in [0.4, 0.5) is 5.69 Å². The zero-order chi connectivity index (χ0) is 23.7. The molecule has 1 fully saturated rings. The van der Waals surface area contributed by atoms with E-state index in [-0.39, 0.29) is 28.5 Å². The number of sulfonamides is 1. The van der Waals surface area contributed by atoms with Crippen LogP contribution in [0.25, 0.3) is 0 Å². The predicted molar refractivity (Wildman–Crippen MR) is 122 cm³/mol. The molecule has 0 aliphatic carbocycles. The van der Waals surface area contributed by atoms with E-state index in [0.29, 0.717) is 38.2 Å². The van der Waals surface area contributed by atoms with Crippen LogP contribution < -0.4 is 15.4 Å². The van der Waals surface area contributed by atoms with Crippen LogP contribution in [0.2, 0.25) is 0 Å². The summed E-state index contributed by atoms with van der Waals surface area (Å²) in [5.41, 5.74) is 0.484. The van der Waals surface area contributed by atoms with Crippen molar-refractivity contribution in [1.29, 1.82) is 0 Å². The number of hydrogen-bond donors (Lipinski definition) is 3. The van der Waals surface area contributed by atoms with Crippen molar-refractivity contribution in [1.82, 2.24) is 14.9 Å². The van der Waals surface area contributed by atoms with Gasteiger partial charge in [-0.1, -0.05) is 19.8 Å². The highest BCUT2D eigenvalue weighted by molar-refractivity contribution is 7.89. The van der Waals surface area contributed by atoms with Crippen LogP contribution in [0.3, 0.4) is 0 Å². The highest BCUT2D eigenvalue weighted by atomic mass is 32.2. The van der Waals surface area contributed by atoms with Crippen LogP contribution in [-0.2, 0) is 24.4 Å². The number of benzene rings is 1. The molecule has 178 valence electrons. The van der Waals surface area contributed by atoms with Crippen LogP contribution >= 0.6 is 0 Å². The first-order chi connectivity index (χ1) is 15.1. The highest BCUT2D eigenvalue weighted by Gasteiger charge is 2.31. The number of carbonyl (C=O) groups is 3. The number of piperidine rings is 1. The van der Waals surface area contributed by atoms with Gasteiger partial charge in [-0.2, -0.15) is 4.72 Å². The third-order valence-electron chi connectivity index (χ3n) is 5.44. The molecule has 1 heterocycles. The largest absolute Gasteiger partial charge is 0.356 e. The fraction of sp³-hybridized carbons (Fsp3) is 0.591. The lowest BCUT2D eigenvalue weighted by atomic mass is 9.95. The monoisotopic (exact) mass is 466 g/mol. The maximum Gasteiger partial charge on any atom is 0.241 e. The van der Waals surface area contributed by atoms with E-state index < -0.39 is 16.1 Å². The van der Waals surface area contributed by atoms with Crippen molar-refractivity contribution in [2.24, 2.45) is 5.92 Å². The van der Waals surface area contributed by atoms with Crippen LogP contribution in [-0.4, -0.2) is 56.7 Å². The Morgan fingerprint density at radius 3 is 2.28 bits per heavy atom. The minimum absolute atomic E-state index is 0.00436. The molecule has 1 aromatic carbocycles. The molecule has 0 aromatic heterocycles. The fourth-order valence-corrected chi connectivity index (χ4v) is 4.84. The topological polar surface area (TPSA) is 125 Å². The molecule has 32 heavy (non-hydrogen) atoms. The third-order valence-corrected chi connectivity index (χ3v) is 7.00. The van der Waals surface area contributed by atoms with E-state index in [1.807, 2.05) is 0 Å². The van der Waals surface area contributed by atoms with Gasteiger partial charge in [0.25, 0.3) is 0 Å². The summed E-state index contributed by atoms with van der Waals surface area (Å²) in [5.74, 6) is -0.652. The van der Waals surface area contributed by atoms with Crippen molar-refractivity contribution in [3.05, 3.63) is 24.3 Å². The SMILES string of the molecule is CCCCCNC(=O)C1CCN(C(=O)[C@H](C)NS(=O)(=O)c2ccc(NC(C)=O)cc2)CC1. The van der Waals surface area contributed by atoms with Gasteiger partial charge >= 0.3 is 0 Å². The third kappa shape index (κ3) is 7.59. The first kappa shape index (κ1) is 25.8. The van der Waals surface area contributed by atoms with Gasteiger partial charge < -0.3 is 15.5 Å². The van der Waals surface area contributed by atoms with E-state index in [4.69, 9.17) is 0 Å². The van der Waals surface area contributed by atoms with E-state index >= 15 is 0 Å². The van der Waals surface area contributed by atoms with Crippen molar-refractivity contribution in [3.8, 4) is 0 Å². The number of anilines is 1. The Labute approximate surface area is 190 Å². The molecule has 3 amide bonds. The lowest BCUT2D eigenvalue weighted by Gasteiger charge is -2.33. The smallest absolute Gasteiger partial charge is 0.241 e. The van der Waals surface area contributed by atoms with Crippen LogP contribution in [0.15, 0.2) is 29.2 Å². The molecule has 1 aliphatic heterocycles. The molecule has 1 aromatic rings. The second kappa shape index (κ2) is 12.0. The molecule has 0 saturated carbocycles. The number of hydrogen-bond acceptors (Lipinski definition) is 5. The summed E-state index contributed by atoms with van der Waals surface area (Å²) in [6.45, 7) is 6.50. The summed E-state index contributed by atoms with van der Waals surface area (Å²) in [6, 6.07) is 4.78. The fourth-order valence-electron chi connectivity index (χ4n) is 3.64. The quantitative estimate of drug-likeness (QED) is 0.454. The van der Waals surface area contributed by atoms with Gasteiger partial charge in [0.05, 0.1) is 10.9 Å². The Bertz CT molecular complexity index is 893. The average molecular weight is 467 g/mol. The summed E-state index contributed by atoms with van der Waals surface area (Å²) < 4.78 is 27.7. The molecule has 9 nitrogen and oxygen atoms in total. The van der Waals surface area contributed by atoms with Crippen LogP contribution in [0.1, 0.15) is 52.9 Å². The number of nitrogens with one attached hydrogen (secondary N) is 3. The normalized spacial score (nSPS) is 15.8. The van der Waals surface area contributed by atoms with Gasteiger partial charge in [0, 0.05) is 38.2 Å². The average Bonchev–Trinajstić information content (AvgIpc) is 2.76. The minimum atomic E-state index is -3.90.